The van der Waals surface area contributed by atoms with E-state index in [0.717, 1.165) is 44.2 Å². The summed E-state index contributed by atoms with van der Waals surface area (Å²) in [4.78, 5) is 55.6. The number of para-hydroxylation sites is 2. The number of fused-ring (bicyclic) bond motifs is 1. The van der Waals surface area contributed by atoms with Crippen LogP contribution in [-0.4, -0.2) is 91.1 Å². The number of rotatable bonds is 9. The molecule has 2 heterocycles. The molecule has 0 aromatic heterocycles. The van der Waals surface area contributed by atoms with Crippen LogP contribution in [0.5, 0.6) is 5.75 Å². The molecule has 0 radical (unpaired) electrons. The molecule has 1 aliphatic carbocycles. The summed E-state index contributed by atoms with van der Waals surface area (Å²) in [6.07, 6.45) is 2.07. The van der Waals surface area contributed by atoms with E-state index in [1.54, 1.807) is 0 Å². The Hall–Kier alpha value is -3.11. The number of hydrogen-bond donors (Lipinski definition) is 0. The third-order valence-corrected chi connectivity index (χ3v) is 7.09. The van der Waals surface area contributed by atoms with Gasteiger partial charge >= 0.3 is 11.9 Å². The lowest BCUT2D eigenvalue weighted by Gasteiger charge is -2.37. The molecule has 0 bridgehead atoms. The van der Waals surface area contributed by atoms with Gasteiger partial charge in [0.05, 0.1) is 23.6 Å². The number of likely N-dealkylation sites (tertiary alicyclic amines) is 1. The van der Waals surface area contributed by atoms with Gasteiger partial charge in [-0.15, -0.1) is 12.4 Å². The predicted octanol–water partition coefficient (Wildman–Crippen LogP) is 2.44. The summed E-state index contributed by atoms with van der Waals surface area (Å²) in [6.45, 7) is 11.0. The van der Waals surface area contributed by atoms with E-state index in [1.807, 2.05) is 32.0 Å². The fourth-order valence-corrected chi connectivity index (χ4v) is 5.49. The number of halogens is 1. The van der Waals surface area contributed by atoms with Crippen molar-refractivity contribution >= 4 is 41.8 Å². The quantitative estimate of drug-likeness (QED) is 0.254. The second kappa shape index (κ2) is 13.3. The van der Waals surface area contributed by atoms with Crippen molar-refractivity contribution < 1.29 is 33.4 Å². The number of carbonyl (C=O) groups excluding carboxylic acids is 4. The van der Waals surface area contributed by atoms with Gasteiger partial charge in [0.2, 0.25) is 11.8 Å². The molecule has 2 saturated heterocycles. The van der Waals surface area contributed by atoms with E-state index in [9.17, 15) is 19.2 Å². The molecule has 4 rings (SSSR count). The summed E-state index contributed by atoms with van der Waals surface area (Å²) in [5.41, 5.74) is 1.09. The summed E-state index contributed by atoms with van der Waals surface area (Å²) < 4.78 is 16.6. The van der Waals surface area contributed by atoms with Crippen LogP contribution in [0.25, 0.3) is 0 Å². The summed E-state index contributed by atoms with van der Waals surface area (Å²) in [5.74, 6) is -2.76. The van der Waals surface area contributed by atoms with E-state index in [1.165, 1.54) is 30.9 Å². The van der Waals surface area contributed by atoms with Crippen LogP contribution in [0.3, 0.4) is 0 Å². The Morgan fingerprint density at radius 3 is 1.92 bits per heavy atom. The van der Waals surface area contributed by atoms with Crippen molar-refractivity contribution in [2.45, 2.75) is 52.4 Å². The topological polar surface area (TPSA) is 106 Å². The molecule has 2 amide bonds. The van der Waals surface area contributed by atoms with E-state index in [4.69, 9.17) is 14.2 Å². The lowest BCUT2D eigenvalue weighted by atomic mass is 9.81. The van der Waals surface area contributed by atoms with Crippen molar-refractivity contribution in [3.63, 3.8) is 0 Å². The molecule has 11 heteroatoms. The van der Waals surface area contributed by atoms with Gasteiger partial charge in [0.1, 0.15) is 18.0 Å². The molecule has 4 unspecified atom stereocenters. The average Bonchev–Trinajstić information content (AvgIpc) is 3.11. The Labute approximate surface area is 235 Å². The summed E-state index contributed by atoms with van der Waals surface area (Å²) >= 11 is 0. The fourth-order valence-electron chi connectivity index (χ4n) is 5.49. The molecular formula is C28H38ClN3O7. The van der Waals surface area contributed by atoms with Crippen LogP contribution in [0.4, 0.5) is 5.69 Å². The Kier molecular flexibility index (Phi) is 10.4. The summed E-state index contributed by atoms with van der Waals surface area (Å²) in [5, 5.41) is 0. The summed E-state index contributed by atoms with van der Waals surface area (Å²) in [6, 6.07) is 8.08. The number of carbonyl (C=O) groups is 4. The molecule has 1 aromatic carbocycles. The van der Waals surface area contributed by atoms with E-state index in [2.05, 4.69) is 15.9 Å². The lowest BCUT2D eigenvalue weighted by molar-refractivity contribution is -0.157. The molecule has 2 fully saturated rings. The van der Waals surface area contributed by atoms with Crippen molar-refractivity contribution in [3.05, 3.63) is 36.4 Å². The molecule has 10 nitrogen and oxygen atoms in total. The normalized spacial score (nSPS) is 24.8. The lowest BCUT2D eigenvalue weighted by Crippen LogP contribution is -2.47. The minimum atomic E-state index is -0.891. The number of nitrogens with zero attached hydrogens (tertiary/aromatic N) is 3. The molecule has 0 spiro atoms. The molecular weight excluding hydrogens is 526 g/mol. The minimum Gasteiger partial charge on any atom is -0.489 e. The SMILES string of the molecule is CC(=O)OC1C=CC(OC(C)=O)C2C(=O)N(CCCN3CCN(c4ccccc4OC(C)C)CC3)C(=O)C12.Cl. The smallest absolute Gasteiger partial charge is 0.303 e. The van der Waals surface area contributed by atoms with Crippen LogP contribution in [0, 0.1) is 11.8 Å². The van der Waals surface area contributed by atoms with Crippen molar-refractivity contribution in [3.8, 4) is 5.75 Å². The Bertz CT molecular complexity index is 1040. The molecule has 0 N–H and O–H groups in total. The second-order valence-corrected chi connectivity index (χ2v) is 10.2. The molecule has 214 valence electrons. The Morgan fingerprint density at radius 1 is 0.872 bits per heavy atom. The zero-order valence-electron chi connectivity index (χ0n) is 22.9. The van der Waals surface area contributed by atoms with Crippen molar-refractivity contribution in [1.82, 2.24) is 9.80 Å². The van der Waals surface area contributed by atoms with E-state index >= 15 is 0 Å². The Morgan fingerprint density at radius 2 is 1.41 bits per heavy atom. The van der Waals surface area contributed by atoms with Crippen molar-refractivity contribution in [2.75, 3.05) is 44.2 Å². The molecule has 1 aromatic rings. The van der Waals surface area contributed by atoms with Crippen LogP contribution in [0.1, 0.15) is 34.1 Å². The first-order chi connectivity index (χ1) is 18.2. The number of ether oxygens (including phenoxy) is 3. The second-order valence-electron chi connectivity index (χ2n) is 10.2. The van der Waals surface area contributed by atoms with Crippen LogP contribution in [-0.2, 0) is 28.7 Å². The van der Waals surface area contributed by atoms with Gasteiger partial charge < -0.3 is 19.1 Å². The van der Waals surface area contributed by atoms with Crippen molar-refractivity contribution in [1.29, 1.82) is 0 Å². The largest absolute Gasteiger partial charge is 0.489 e. The first-order valence-electron chi connectivity index (χ1n) is 13.3. The third-order valence-electron chi connectivity index (χ3n) is 7.09. The highest BCUT2D eigenvalue weighted by atomic mass is 35.5. The van der Waals surface area contributed by atoms with Gasteiger partial charge in [-0.05, 0) is 51.1 Å². The van der Waals surface area contributed by atoms with E-state index in [-0.39, 0.29) is 36.9 Å². The number of benzene rings is 1. The molecule has 2 aliphatic heterocycles. The van der Waals surface area contributed by atoms with Gasteiger partial charge in [0, 0.05) is 46.6 Å². The van der Waals surface area contributed by atoms with Gasteiger partial charge in [0.25, 0.3) is 0 Å². The Balaban J connectivity index is 0.00000420. The van der Waals surface area contributed by atoms with Crippen molar-refractivity contribution in [2.24, 2.45) is 11.8 Å². The minimum absolute atomic E-state index is 0. The van der Waals surface area contributed by atoms with Gasteiger partial charge in [-0.25, -0.2) is 0 Å². The first kappa shape index (κ1) is 30.4. The van der Waals surface area contributed by atoms with Crippen LogP contribution >= 0.6 is 12.4 Å². The standard InChI is InChI=1S/C28H37N3O7.ClH/c1-18(2)36-22-9-6-5-8-21(22)30-16-14-29(15-17-30)12-7-13-31-27(34)25-23(37-19(3)32)10-11-24(38-20(4)33)26(25)28(31)35;/h5-6,8-11,18,23-26H,7,12-17H2,1-4H3;1H. The molecule has 39 heavy (non-hydrogen) atoms. The van der Waals surface area contributed by atoms with Crippen LogP contribution in [0.2, 0.25) is 0 Å². The monoisotopic (exact) mass is 563 g/mol. The number of amides is 2. The van der Waals surface area contributed by atoms with E-state index in [0.29, 0.717) is 6.42 Å². The molecule has 0 saturated carbocycles. The number of imide groups is 1. The number of anilines is 1. The average molecular weight is 564 g/mol. The maximum atomic E-state index is 13.3. The van der Waals surface area contributed by atoms with Crippen LogP contribution < -0.4 is 9.64 Å². The fraction of sp³-hybridized carbons (Fsp3) is 0.571. The maximum absolute atomic E-state index is 13.3. The van der Waals surface area contributed by atoms with E-state index < -0.39 is 36.0 Å². The summed E-state index contributed by atoms with van der Waals surface area (Å²) in [7, 11) is 0. The third kappa shape index (κ3) is 7.10. The van der Waals surface area contributed by atoms with Gasteiger partial charge in [-0.3, -0.25) is 29.0 Å². The molecule has 4 atom stereocenters. The number of piperazine rings is 1. The zero-order valence-corrected chi connectivity index (χ0v) is 23.7. The highest BCUT2D eigenvalue weighted by Crippen LogP contribution is 2.38. The highest BCUT2D eigenvalue weighted by molar-refractivity contribution is 6.06. The van der Waals surface area contributed by atoms with Gasteiger partial charge in [-0.1, -0.05) is 12.1 Å². The maximum Gasteiger partial charge on any atom is 0.303 e. The predicted molar refractivity (Wildman–Crippen MR) is 147 cm³/mol. The molecule has 3 aliphatic rings. The highest BCUT2D eigenvalue weighted by Gasteiger charge is 2.56. The van der Waals surface area contributed by atoms with Gasteiger partial charge in [0.15, 0.2) is 0 Å². The zero-order chi connectivity index (χ0) is 27.4. The van der Waals surface area contributed by atoms with Gasteiger partial charge in [-0.2, -0.15) is 0 Å². The number of esters is 2. The number of hydrogen-bond acceptors (Lipinski definition) is 9. The van der Waals surface area contributed by atoms with Crippen LogP contribution in [0.15, 0.2) is 36.4 Å². The first-order valence-corrected chi connectivity index (χ1v) is 13.3.